The maximum atomic E-state index is 12.6. The van der Waals surface area contributed by atoms with Gasteiger partial charge in [0.05, 0.1) is 12.0 Å². The highest BCUT2D eigenvalue weighted by Crippen LogP contribution is 2.36. The summed E-state index contributed by atoms with van der Waals surface area (Å²) in [5.41, 5.74) is 1.12. The van der Waals surface area contributed by atoms with E-state index in [-0.39, 0.29) is 23.8 Å². The lowest BCUT2D eigenvalue weighted by Gasteiger charge is -2.29. The Bertz CT molecular complexity index is 557. The van der Waals surface area contributed by atoms with Gasteiger partial charge in [-0.15, -0.1) is 0 Å². The molecule has 5 heteroatoms. The van der Waals surface area contributed by atoms with Crippen molar-refractivity contribution in [2.45, 2.75) is 44.6 Å². The summed E-state index contributed by atoms with van der Waals surface area (Å²) in [4.78, 5) is 23.9. The zero-order valence-electron chi connectivity index (χ0n) is 13.2. The van der Waals surface area contributed by atoms with Crippen LogP contribution in [0.3, 0.4) is 0 Å². The summed E-state index contributed by atoms with van der Waals surface area (Å²) in [6, 6.07) is 7.82. The Balaban J connectivity index is 1.71. The van der Waals surface area contributed by atoms with Gasteiger partial charge in [0.15, 0.2) is 0 Å². The summed E-state index contributed by atoms with van der Waals surface area (Å²) in [5.74, 6) is 0.457. The van der Waals surface area contributed by atoms with Crippen LogP contribution in [0.25, 0.3) is 0 Å². The van der Waals surface area contributed by atoms with Crippen LogP contribution in [-0.2, 0) is 9.59 Å². The van der Waals surface area contributed by atoms with Gasteiger partial charge < -0.3 is 10.6 Å². The number of hydrogen-bond acceptors (Lipinski definition) is 2. The number of piperidine rings is 1. The highest BCUT2D eigenvalue weighted by atomic mass is 35.5. The number of nitrogens with one attached hydrogen (secondary N) is 2. The van der Waals surface area contributed by atoms with Crippen LogP contribution in [0.1, 0.15) is 50.1 Å². The topological polar surface area (TPSA) is 58.2 Å². The van der Waals surface area contributed by atoms with E-state index < -0.39 is 0 Å². The molecule has 0 spiro atoms. The van der Waals surface area contributed by atoms with Crippen LogP contribution < -0.4 is 10.6 Å². The number of rotatable bonds is 4. The third-order valence-electron chi connectivity index (χ3n) is 5.03. The number of hydrogen-bond donors (Lipinski definition) is 2. The molecule has 0 radical (unpaired) electrons. The van der Waals surface area contributed by atoms with E-state index in [0.717, 1.165) is 18.4 Å². The molecule has 1 saturated carbocycles. The van der Waals surface area contributed by atoms with Crippen LogP contribution in [0.15, 0.2) is 24.3 Å². The molecule has 2 aliphatic rings. The predicted molar refractivity (Wildman–Crippen MR) is 90.0 cm³/mol. The second-order valence-corrected chi connectivity index (χ2v) is 7.06. The minimum absolute atomic E-state index is 0.0408. The van der Waals surface area contributed by atoms with Crippen LogP contribution >= 0.6 is 11.6 Å². The number of benzene rings is 1. The summed E-state index contributed by atoms with van der Waals surface area (Å²) in [6.07, 6.45) is 5.82. The van der Waals surface area contributed by atoms with E-state index in [1.165, 1.54) is 12.8 Å². The van der Waals surface area contributed by atoms with Gasteiger partial charge in [0, 0.05) is 18.0 Å². The molecule has 1 saturated heterocycles. The molecule has 1 aromatic rings. The molecule has 23 heavy (non-hydrogen) atoms. The molecule has 2 atom stereocenters. The maximum Gasteiger partial charge on any atom is 0.225 e. The molecular weight excluding hydrogens is 312 g/mol. The van der Waals surface area contributed by atoms with E-state index in [1.54, 1.807) is 0 Å². The van der Waals surface area contributed by atoms with Crippen molar-refractivity contribution in [3.05, 3.63) is 34.9 Å². The third kappa shape index (κ3) is 4.05. The molecule has 1 heterocycles. The van der Waals surface area contributed by atoms with E-state index in [9.17, 15) is 9.59 Å². The Morgan fingerprint density at radius 1 is 1.17 bits per heavy atom. The van der Waals surface area contributed by atoms with Gasteiger partial charge in [-0.3, -0.25) is 9.59 Å². The fourth-order valence-electron chi connectivity index (χ4n) is 3.66. The standard InChI is InChI=1S/C18H23ClN2O2/c19-15-8-5-13(6-9-15)17(12-3-1-2-4-12)21-18(23)14-7-10-16(22)20-11-14/h5-6,8-9,12,14,17H,1-4,7,10-11H2,(H,20,22)(H,21,23)/t14-,17+/m1/s1. The summed E-state index contributed by atoms with van der Waals surface area (Å²) in [6.45, 7) is 0.447. The number of carbonyl (C=O) groups excluding carboxylic acids is 2. The van der Waals surface area contributed by atoms with Crippen molar-refractivity contribution in [2.75, 3.05) is 6.54 Å². The van der Waals surface area contributed by atoms with Crippen LogP contribution in [0.4, 0.5) is 0 Å². The van der Waals surface area contributed by atoms with Crippen molar-refractivity contribution in [3.63, 3.8) is 0 Å². The average Bonchev–Trinajstić information content (AvgIpc) is 3.08. The van der Waals surface area contributed by atoms with Crippen LogP contribution in [0.5, 0.6) is 0 Å². The van der Waals surface area contributed by atoms with E-state index in [1.807, 2.05) is 24.3 Å². The van der Waals surface area contributed by atoms with Gasteiger partial charge in [-0.1, -0.05) is 36.6 Å². The van der Waals surface area contributed by atoms with Crippen molar-refractivity contribution in [1.82, 2.24) is 10.6 Å². The quantitative estimate of drug-likeness (QED) is 0.888. The smallest absolute Gasteiger partial charge is 0.225 e. The number of halogens is 1. The van der Waals surface area contributed by atoms with Gasteiger partial charge >= 0.3 is 0 Å². The first kappa shape index (κ1) is 16.3. The highest BCUT2D eigenvalue weighted by Gasteiger charge is 2.31. The number of carbonyl (C=O) groups is 2. The summed E-state index contributed by atoms with van der Waals surface area (Å²) in [7, 11) is 0. The monoisotopic (exact) mass is 334 g/mol. The molecule has 124 valence electrons. The van der Waals surface area contributed by atoms with Crippen LogP contribution in [0, 0.1) is 11.8 Å². The molecule has 1 aliphatic carbocycles. The summed E-state index contributed by atoms with van der Waals surface area (Å²) < 4.78 is 0. The Morgan fingerprint density at radius 3 is 2.48 bits per heavy atom. The normalized spacial score (nSPS) is 23.3. The van der Waals surface area contributed by atoms with E-state index in [0.29, 0.717) is 30.3 Å². The zero-order valence-corrected chi connectivity index (χ0v) is 13.9. The molecule has 4 nitrogen and oxygen atoms in total. The first-order chi connectivity index (χ1) is 11.1. The van der Waals surface area contributed by atoms with Crippen molar-refractivity contribution >= 4 is 23.4 Å². The lowest BCUT2D eigenvalue weighted by Crippen LogP contribution is -2.44. The Kier molecular flexibility index (Phi) is 5.21. The Morgan fingerprint density at radius 2 is 1.87 bits per heavy atom. The second-order valence-electron chi connectivity index (χ2n) is 6.62. The van der Waals surface area contributed by atoms with Crippen molar-refractivity contribution in [3.8, 4) is 0 Å². The summed E-state index contributed by atoms with van der Waals surface area (Å²) in [5, 5.41) is 6.74. The van der Waals surface area contributed by atoms with Gasteiger partial charge in [0.2, 0.25) is 11.8 Å². The molecule has 3 rings (SSSR count). The average molecular weight is 335 g/mol. The predicted octanol–water partition coefficient (Wildman–Crippen LogP) is 3.21. The molecule has 2 N–H and O–H groups in total. The minimum atomic E-state index is -0.121. The van der Waals surface area contributed by atoms with E-state index in [4.69, 9.17) is 11.6 Å². The fraction of sp³-hybridized carbons (Fsp3) is 0.556. The molecule has 0 unspecified atom stereocenters. The lowest BCUT2D eigenvalue weighted by molar-refractivity contribution is -0.129. The van der Waals surface area contributed by atoms with Crippen molar-refractivity contribution < 1.29 is 9.59 Å². The Hall–Kier alpha value is -1.55. The van der Waals surface area contributed by atoms with Crippen molar-refractivity contribution in [2.24, 2.45) is 11.8 Å². The Labute approximate surface area is 142 Å². The van der Waals surface area contributed by atoms with Gasteiger partial charge in [-0.25, -0.2) is 0 Å². The molecule has 0 aromatic heterocycles. The molecule has 0 bridgehead atoms. The van der Waals surface area contributed by atoms with Gasteiger partial charge in [-0.05, 0) is 42.9 Å². The molecule has 1 aliphatic heterocycles. The molecular formula is C18H23ClN2O2. The SMILES string of the molecule is O=C1CC[C@@H](C(=O)N[C@H](c2ccc(Cl)cc2)C2CCCC2)CN1. The summed E-state index contributed by atoms with van der Waals surface area (Å²) >= 11 is 5.99. The second kappa shape index (κ2) is 7.35. The van der Waals surface area contributed by atoms with Gasteiger partial charge in [0.1, 0.15) is 0 Å². The molecule has 1 aromatic carbocycles. The minimum Gasteiger partial charge on any atom is -0.355 e. The van der Waals surface area contributed by atoms with Crippen molar-refractivity contribution in [1.29, 1.82) is 0 Å². The first-order valence-electron chi connectivity index (χ1n) is 8.46. The lowest BCUT2D eigenvalue weighted by atomic mass is 9.90. The van der Waals surface area contributed by atoms with Gasteiger partial charge in [-0.2, -0.15) is 0 Å². The first-order valence-corrected chi connectivity index (χ1v) is 8.84. The number of amides is 2. The van der Waals surface area contributed by atoms with E-state index in [2.05, 4.69) is 10.6 Å². The van der Waals surface area contributed by atoms with Gasteiger partial charge in [0.25, 0.3) is 0 Å². The molecule has 2 amide bonds. The molecule has 2 fully saturated rings. The third-order valence-corrected chi connectivity index (χ3v) is 5.29. The zero-order chi connectivity index (χ0) is 16.2. The van der Waals surface area contributed by atoms with Crippen LogP contribution in [-0.4, -0.2) is 18.4 Å². The van der Waals surface area contributed by atoms with E-state index >= 15 is 0 Å². The fourth-order valence-corrected chi connectivity index (χ4v) is 3.79. The highest BCUT2D eigenvalue weighted by molar-refractivity contribution is 6.30. The largest absolute Gasteiger partial charge is 0.355 e. The van der Waals surface area contributed by atoms with Crippen LogP contribution in [0.2, 0.25) is 5.02 Å². The maximum absolute atomic E-state index is 12.6.